The number of aromatic nitrogens is 2. The number of anilines is 1. The van der Waals surface area contributed by atoms with Gasteiger partial charge in [0.05, 0.1) is 22.0 Å². The summed E-state index contributed by atoms with van der Waals surface area (Å²) in [6.07, 6.45) is -1.32. The lowest BCUT2D eigenvalue weighted by Crippen LogP contribution is -2.41. The van der Waals surface area contributed by atoms with Crippen LogP contribution in [0.25, 0.3) is 33.3 Å². The third kappa shape index (κ3) is 5.65. The number of aryl methyl sites for hydroxylation is 1. The molecule has 0 fully saturated rings. The molecule has 6 aromatic rings. The quantitative estimate of drug-likeness (QED) is 0.150. The number of primary amides is 1. The van der Waals surface area contributed by atoms with Crippen molar-refractivity contribution in [2.45, 2.75) is 36.1 Å². The molecule has 1 aliphatic rings. The number of thioether (sulfide) groups is 1. The predicted molar refractivity (Wildman–Crippen MR) is 187 cm³/mol. The number of alkyl halides is 3. The molecule has 7 rings (SSSR count). The number of carbonyl (C=O) groups excluding carboxylic acids is 2. The van der Waals surface area contributed by atoms with E-state index in [2.05, 4.69) is 9.88 Å². The van der Waals surface area contributed by atoms with Crippen LogP contribution in [-0.2, 0) is 22.9 Å². The maximum Gasteiger partial charge on any atom is 0.416 e. The number of benzene rings is 5. The molecule has 0 saturated heterocycles. The second kappa shape index (κ2) is 12.6. The van der Waals surface area contributed by atoms with Crippen LogP contribution in [0.15, 0.2) is 120 Å². The average molecular weight is 677 g/mol. The number of imidazole rings is 1. The van der Waals surface area contributed by atoms with Crippen LogP contribution >= 0.6 is 11.8 Å². The Kier molecular flexibility index (Phi) is 8.28. The first-order valence-electron chi connectivity index (χ1n) is 15.7. The van der Waals surface area contributed by atoms with E-state index in [1.165, 1.54) is 23.9 Å². The van der Waals surface area contributed by atoms with Crippen molar-refractivity contribution in [2.24, 2.45) is 5.73 Å². The fourth-order valence-corrected chi connectivity index (χ4v) is 7.61. The molecule has 0 aliphatic heterocycles. The lowest BCUT2D eigenvalue weighted by Gasteiger charge is -2.29. The van der Waals surface area contributed by atoms with E-state index in [1.54, 1.807) is 36.4 Å². The molecule has 10 heteroatoms. The number of nitrogens with two attached hydrogens (primary N) is 1. The number of hydrogen-bond acceptors (Lipinski definition) is 4. The van der Waals surface area contributed by atoms with Crippen LogP contribution in [0.3, 0.4) is 0 Å². The van der Waals surface area contributed by atoms with Gasteiger partial charge in [-0.25, -0.2) is 4.98 Å². The Morgan fingerprint density at radius 1 is 0.837 bits per heavy atom. The molecule has 0 radical (unpaired) electrons. The predicted octanol–water partition coefficient (Wildman–Crippen LogP) is 8.93. The van der Waals surface area contributed by atoms with E-state index in [0.29, 0.717) is 47.3 Å². The maximum absolute atomic E-state index is 13.5. The summed E-state index contributed by atoms with van der Waals surface area (Å²) in [6.45, 7) is 0.595. The molecule has 2 amide bonds. The molecule has 0 unspecified atom stereocenters. The molecule has 0 atom stereocenters. The highest BCUT2D eigenvalue weighted by Gasteiger charge is 2.47. The zero-order valence-electron chi connectivity index (χ0n) is 26.4. The van der Waals surface area contributed by atoms with Crippen molar-refractivity contribution in [3.8, 4) is 22.3 Å². The number of nitrogens with one attached hydrogen (secondary N) is 1. The molecule has 1 aromatic heterocycles. The van der Waals surface area contributed by atoms with Crippen LogP contribution in [0.4, 0.5) is 18.9 Å². The normalized spacial score (nSPS) is 13.2. The summed E-state index contributed by atoms with van der Waals surface area (Å²) in [4.78, 5) is 31.6. The first-order chi connectivity index (χ1) is 23.6. The van der Waals surface area contributed by atoms with E-state index in [0.717, 1.165) is 45.1 Å². The van der Waals surface area contributed by atoms with Gasteiger partial charge in [-0.15, -0.1) is 0 Å². The van der Waals surface area contributed by atoms with Gasteiger partial charge in [0.15, 0.2) is 5.16 Å². The fourth-order valence-electron chi connectivity index (χ4n) is 7.01. The Morgan fingerprint density at radius 3 is 2.06 bits per heavy atom. The van der Waals surface area contributed by atoms with Gasteiger partial charge in [-0.2, -0.15) is 13.2 Å². The standard InChI is InChI=1S/C39H31F3N4O2S/c1-49-37-45-33-23-26(44-35(47)30-12-3-2-9-27(30)24-15-17-25(18-16-24)39(40,41)42)19-20-34(33)46(37)22-8-21-38(36(43)48)31-13-6-4-10-28(31)29-11-5-7-14-32(29)38/h2-7,9-20,23H,8,21-22H2,1H3,(H2,43,48)(H,44,47). The van der Waals surface area contributed by atoms with Crippen LogP contribution in [0.1, 0.15) is 39.9 Å². The molecular formula is C39H31F3N4O2S. The van der Waals surface area contributed by atoms with Crippen molar-refractivity contribution in [1.82, 2.24) is 9.55 Å². The summed E-state index contributed by atoms with van der Waals surface area (Å²) in [6, 6.07) is 33.0. The van der Waals surface area contributed by atoms with Crippen molar-refractivity contribution in [3.63, 3.8) is 0 Å². The Morgan fingerprint density at radius 2 is 1.45 bits per heavy atom. The Balaban J connectivity index is 1.12. The second-order valence-corrected chi connectivity index (χ2v) is 12.8. The van der Waals surface area contributed by atoms with Gasteiger partial charge in [0, 0.05) is 17.8 Å². The largest absolute Gasteiger partial charge is 0.416 e. The first-order valence-corrected chi connectivity index (χ1v) is 17.0. The van der Waals surface area contributed by atoms with Crippen molar-refractivity contribution in [3.05, 3.63) is 138 Å². The fraction of sp³-hybridized carbons (Fsp3) is 0.154. The third-order valence-corrected chi connectivity index (χ3v) is 9.94. The van der Waals surface area contributed by atoms with Crippen LogP contribution in [0, 0.1) is 0 Å². The summed E-state index contributed by atoms with van der Waals surface area (Å²) >= 11 is 1.51. The molecule has 5 aromatic carbocycles. The van der Waals surface area contributed by atoms with Crippen LogP contribution < -0.4 is 11.1 Å². The zero-order valence-corrected chi connectivity index (χ0v) is 27.2. The minimum absolute atomic E-state index is 0.330. The van der Waals surface area contributed by atoms with Crippen molar-refractivity contribution < 1.29 is 22.8 Å². The summed E-state index contributed by atoms with van der Waals surface area (Å²) in [5.41, 5.74) is 11.9. The number of hydrogen-bond donors (Lipinski definition) is 2. The Labute approximate surface area is 285 Å². The number of rotatable bonds is 9. The van der Waals surface area contributed by atoms with Gasteiger partial charge in [-0.05, 0) is 88.9 Å². The SMILES string of the molecule is CSc1nc2cc(NC(=O)c3ccccc3-c3ccc(C(F)(F)F)cc3)ccc2n1CCCC1(C(N)=O)c2ccccc2-c2ccccc21. The van der Waals surface area contributed by atoms with Gasteiger partial charge < -0.3 is 15.6 Å². The summed E-state index contributed by atoms with van der Waals surface area (Å²) < 4.78 is 41.4. The van der Waals surface area contributed by atoms with E-state index in [4.69, 9.17) is 10.7 Å². The molecule has 1 aliphatic carbocycles. The highest BCUT2D eigenvalue weighted by Crippen LogP contribution is 2.51. The number of amides is 2. The number of carbonyl (C=O) groups is 2. The average Bonchev–Trinajstić information content (AvgIpc) is 3.61. The van der Waals surface area contributed by atoms with Gasteiger partial charge in [0.1, 0.15) is 0 Å². The van der Waals surface area contributed by atoms with Crippen LogP contribution in [0.5, 0.6) is 0 Å². The zero-order chi connectivity index (χ0) is 34.3. The highest BCUT2D eigenvalue weighted by atomic mass is 32.2. The summed E-state index contributed by atoms with van der Waals surface area (Å²) in [5, 5.41) is 3.73. The van der Waals surface area contributed by atoms with Gasteiger partial charge in [0.2, 0.25) is 5.91 Å². The van der Waals surface area contributed by atoms with Gasteiger partial charge >= 0.3 is 6.18 Å². The maximum atomic E-state index is 13.5. The third-order valence-electron chi connectivity index (χ3n) is 9.27. The van der Waals surface area contributed by atoms with Gasteiger partial charge in [-0.3, -0.25) is 9.59 Å². The van der Waals surface area contributed by atoms with Crippen molar-refractivity contribution >= 4 is 40.3 Å². The monoisotopic (exact) mass is 676 g/mol. The summed E-state index contributed by atoms with van der Waals surface area (Å²) in [5.74, 6) is -0.765. The van der Waals surface area contributed by atoms with E-state index < -0.39 is 23.1 Å². The second-order valence-electron chi connectivity index (χ2n) is 12.0. The van der Waals surface area contributed by atoms with E-state index >= 15 is 0 Å². The summed E-state index contributed by atoms with van der Waals surface area (Å²) in [7, 11) is 0. The molecule has 0 bridgehead atoms. The Hall–Kier alpha value is -5.35. The lowest BCUT2D eigenvalue weighted by atomic mass is 9.74. The van der Waals surface area contributed by atoms with E-state index in [-0.39, 0.29) is 5.91 Å². The van der Waals surface area contributed by atoms with Crippen molar-refractivity contribution in [2.75, 3.05) is 11.6 Å². The molecule has 1 heterocycles. The van der Waals surface area contributed by atoms with Crippen LogP contribution in [-0.4, -0.2) is 27.6 Å². The number of nitrogens with zero attached hydrogens (tertiary/aromatic N) is 2. The minimum atomic E-state index is -4.45. The topological polar surface area (TPSA) is 90.0 Å². The first kappa shape index (κ1) is 32.2. The molecule has 3 N–H and O–H groups in total. The van der Waals surface area contributed by atoms with Crippen LogP contribution in [0.2, 0.25) is 0 Å². The minimum Gasteiger partial charge on any atom is -0.369 e. The van der Waals surface area contributed by atoms with Gasteiger partial charge in [-0.1, -0.05) is 90.6 Å². The molecule has 246 valence electrons. The molecule has 49 heavy (non-hydrogen) atoms. The smallest absolute Gasteiger partial charge is 0.369 e. The molecule has 0 saturated carbocycles. The highest BCUT2D eigenvalue weighted by molar-refractivity contribution is 7.98. The van der Waals surface area contributed by atoms with Gasteiger partial charge in [0.25, 0.3) is 5.91 Å². The Bertz CT molecular complexity index is 2180. The lowest BCUT2D eigenvalue weighted by molar-refractivity contribution is -0.137. The molecule has 6 nitrogen and oxygen atoms in total. The molecular weight excluding hydrogens is 646 g/mol. The van der Waals surface area contributed by atoms with E-state index in [1.807, 2.05) is 60.9 Å². The molecule has 0 spiro atoms. The number of fused-ring (bicyclic) bond motifs is 4. The van der Waals surface area contributed by atoms with E-state index in [9.17, 15) is 22.8 Å². The number of halogens is 3. The van der Waals surface area contributed by atoms with Crippen molar-refractivity contribution in [1.29, 1.82) is 0 Å².